The number of rotatable bonds is 4. The van der Waals surface area contributed by atoms with Gasteiger partial charge in [-0.3, -0.25) is 4.79 Å². The van der Waals surface area contributed by atoms with E-state index in [1.807, 2.05) is 13.0 Å². The van der Waals surface area contributed by atoms with Crippen LogP contribution in [0, 0.1) is 6.92 Å². The maximum absolute atomic E-state index is 11.8. The zero-order chi connectivity index (χ0) is 13.8. The number of nitrogen functional groups attached to an aromatic ring is 1. The van der Waals surface area contributed by atoms with Gasteiger partial charge >= 0.3 is 6.09 Å². The summed E-state index contributed by atoms with van der Waals surface area (Å²) >= 11 is 0. The molecule has 0 saturated carbocycles. The van der Waals surface area contributed by atoms with Gasteiger partial charge in [0.25, 0.3) is 0 Å². The monoisotopic (exact) mass is 263 g/mol. The molecule has 0 unspecified atom stereocenters. The lowest BCUT2D eigenvalue weighted by atomic mass is 10.2. The fraction of sp³-hybridized carbons (Fsp3) is 0.385. The first-order valence-corrected chi connectivity index (χ1v) is 6.14. The van der Waals surface area contributed by atoms with Crippen molar-refractivity contribution in [2.75, 3.05) is 30.7 Å². The van der Waals surface area contributed by atoms with Crippen molar-refractivity contribution in [3.05, 3.63) is 23.8 Å². The number of benzene rings is 1. The summed E-state index contributed by atoms with van der Waals surface area (Å²) in [5, 5.41) is 2.79. The Labute approximate surface area is 111 Å². The minimum absolute atomic E-state index is 0.145. The molecule has 0 bridgehead atoms. The van der Waals surface area contributed by atoms with E-state index in [0.717, 1.165) is 5.56 Å². The largest absolute Gasteiger partial charge is 0.448 e. The van der Waals surface area contributed by atoms with Gasteiger partial charge in [0, 0.05) is 24.3 Å². The number of nitrogens with one attached hydrogen (secondary N) is 1. The molecule has 0 aliphatic carbocycles. The second kappa shape index (κ2) is 5.60. The van der Waals surface area contributed by atoms with E-state index in [-0.39, 0.29) is 18.4 Å². The third kappa shape index (κ3) is 3.37. The number of ether oxygens (including phenoxy) is 1. The Hall–Kier alpha value is -2.24. The number of hydrogen-bond acceptors (Lipinski definition) is 4. The van der Waals surface area contributed by atoms with Crippen molar-refractivity contribution in [2.45, 2.75) is 13.3 Å². The van der Waals surface area contributed by atoms with E-state index >= 15 is 0 Å². The number of cyclic esters (lactones) is 1. The molecule has 1 saturated heterocycles. The van der Waals surface area contributed by atoms with Gasteiger partial charge in [-0.15, -0.1) is 0 Å². The van der Waals surface area contributed by atoms with Gasteiger partial charge in [-0.2, -0.15) is 0 Å². The first-order chi connectivity index (χ1) is 9.06. The van der Waals surface area contributed by atoms with Gasteiger partial charge in [0.05, 0.1) is 6.54 Å². The molecule has 3 N–H and O–H groups in total. The van der Waals surface area contributed by atoms with E-state index < -0.39 is 0 Å². The molecule has 1 aromatic rings. The van der Waals surface area contributed by atoms with Gasteiger partial charge in [-0.1, -0.05) is 6.07 Å². The Morgan fingerprint density at radius 2 is 2.32 bits per heavy atom. The van der Waals surface area contributed by atoms with E-state index in [1.165, 1.54) is 4.90 Å². The molecule has 0 radical (unpaired) electrons. The highest BCUT2D eigenvalue weighted by atomic mass is 16.6. The van der Waals surface area contributed by atoms with Crippen molar-refractivity contribution in [3.8, 4) is 0 Å². The average molecular weight is 263 g/mol. The number of hydrogen-bond donors (Lipinski definition) is 2. The highest BCUT2D eigenvalue weighted by Gasteiger charge is 2.22. The number of nitrogens with two attached hydrogens (primary N) is 1. The molecule has 6 nitrogen and oxygen atoms in total. The molecule has 0 aromatic heterocycles. The number of anilines is 2. The normalized spacial score (nSPS) is 14.4. The molecule has 1 aliphatic rings. The maximum Gasteiger partial charge on any atom is 0.409 e. The van der Waals surface area contributed by atoms with E-state index in [1.54, 1.807) is 12.1 Å². The van der Waals surface area contributed by atoms with Crippen LogP contribution in [0.2, 0.25) is 0 Å². The molecule has 6 heteroatoms. The smallest absolute Gasteiger partial charge is 0.409 e. The molecular weight excluding hydrogens is 246 g/mol. The lowest BCUT2D eigenvalue weighted by Crippen LogP contribution is -2.28. The molecule has 0 spiro atoms. The number of amides is 2. The van der Waals surface area contributed by atoms with Crippen LogP contribution >= 0.6 is 0 Å². The average Bonchev–Trinajstić information content (AvgIpc) is 2.77. The molecule has 0 atom stereocenters. The molecule has 1 heterocycles. The van der Waals surface area contributed by atoms with Crippen LogP contribution in [0.4, 0.5) is 16.2 Å². The Bertz CT molecular complexity index is 502. The third-order valence-corrected chi connectivity index (χ3v) is 2.99. The van der Waals surface area contributed by atoms with Crippen LogP contribution in [0.15, 0.2) is 18.2 Å². The van der Waals surface area contributed by atoms with Gasteiger partial charge in [0.15, 0.2) is 0 Å². The van der Waals surface area contributed by atoms with Crippen LogP contribution < -0.4 is 11.1 Å². The topological polar surface area (TPSA) is 84.7 Å². The van der Waals surface area contributed by atoms with Gasteiger partial charge in [-0.05, 0) is 24.6 Å². The Morgan fingerprint density at radius 1 is 1.53 bits per heavy atom. The predicted octanol–water partition coefficient (Wildman–Crippen LogP) is 1.36. The highest BCUT2D eigenvalue weighted by molar-refractivity contribution is 5.92. The van der Waals surface area contributed by atoms with E-state index in [9.17, 15) is 9.59 Å². The zero-order valence-electron chi connectivity index (χ0n) is 10.8. The maximum atomic E-state index is 11.8. The third-order valence-electron chi connectivity index (χ3n) is 2.99. The van der Waals surface area contributed by atoms with E-state index in [0.29, 0.717) is 31.1 Å². The molecule has 19 heavy (non-hydrogen) atoms. The zero-order valence-corrected chi connectivity index (χ0v) is 10.8. The summed E-state index contributed by atoms with van der Waals surface area (Å²) in [6.45, 7) is 3.21. The lowest BCUT2D eigenvalue weighted by Gasteiger charge is -2.13. The van der Waals surface area contributed by atoms with Gasteiger partial charge < -0.3 is 20.7 Å². The molecule has 1 aromatic carbocycles. The summed E-state index contributed by atoms with van der Waals surface area (Å²) in [4.78, 5) is 24.5. The number of carbonyl (C=O) groups excluding carboxylic acids is 2. The Morgan fingerprint density at radius 3 is 3.00 bits per heavy atom. The number of carbonyl (C=O) groups is 2. The van der Waals surface area contributed by atoms with Crippen molar-refractivity contribution < 1.29 is 14.3 Å². The predicted molar refractivity (Wildman–Crippen MR) is 71.8 cm³/mol. The van der Waals surface area contributed by atoms with Crippen LogP contribution in [0.5, 0.6) is 0 Å². The molecule has 2 amide bonds. The molecule has 2 rings (SSSR count). The van der Waals surface area contributed by atoms with E-state index in [4.69, 9.17) is 10.5 Å². The second-order valence-electron chi connectivity index (χ2n) is 4.47. The van der Waals surface area contributed by atoms with Crippen molar-refractivity contribution >= 4 is 23.4 Å². The SMILES string of the molecule is Cc1ccc(N)cc1NC(=O)CCN1CCOC1=O. The van der Waals surface area contributed by atoms with Crippen LogP contribution in [-0.2, 0) is 9.53 Å². The van der Waals surface area contributed by atoms with Gasteiger partial charge in [0.2, 0.25) is 5.91 Å². The van der Waals surface area contributed by atoms with Gasteiger partial charge in [-0.25, -0.2) is 4.79 Å². The first kappa shape index (κ1) is 13.2. The van der Waals surface area contributed by atoms with Crippen molar-refractivity contribution in [1.29, 1.82) is 0 Å². The number of aryl methyl sites for hydroxylation is 1. The number of nitrogens with zero attached hydrogens (tertiary/aromatic N) is 1. The van der Waals surface area contributed by atoms with Crippen LogP contribution in [0.25, 0.3) is 0 Å². The molecule has 1 fully saturated rings. The van der Waals surface area contributed by atoms with E-state index in [2.05, 4.69) is 5.32 Å². The molecular formula is C13H17N3O3. The summed E-state index contributed by atoms with van der Waals surface area (Å²) in [6.07, 6.45) is -0.114. The summed E-state index contributed by atoms with van der Waals surface area (Å²) in [5.41, 5.74) is 7.93. The summed E-state index contributed by atoms with van der Waals surface area (Å²) < 4.78 is 4.79. The fourth-order valence-corrected chi connectivity index (χ4v) is 1.85. The summed E-state index contributed by atoms with van der Waals surface area (Å²) in [7, 11) is 0. The van der Waals surface area contributed by atoms with Crippen molar-refractivity contribution in [2.24, 2.45) is 0 Å². The Kier molecular flexibility index (Phi) is 3.89. The standard InChI is InChI=1S/C13H17N3O3/c1-9-2-3-10(14)8-11(9)15-12(17)4-5-16-6-7-19-13(16)18/h2-3,8H,4-7,14H2,1H3,(H,15,17). The highest BCUT2D eigenvalue weighted by Crippen LogP contribution is 2.18. The summed E-state index contributed by atoms with van der Waals surface area (Å²) in [6, 6.07) is 5.35. The lowest BCUT2D eigenvalue weighted by molar-refractivity contribution is -0.116. The minimum Gasteiger partial charge on any atom is -0.448 e. The fourth-order valence-electron chi connectivity index (χ4n) is 1.85. The van der Waals surface area contributed by atoms with Crippen LogP contribution in [0.1, 0.15) is 12.0 Å². The van der Waals surface area contributed by atoms with Crippen LogP contribution in [-0.4, -0.2) is 36.6 Å². The Balaban J connectivity index is 1.87. The van der Waals surface area contributed by atoms with Crippen LogP contribution in [0.3, 0.4) is 0 Å². The molecule has 102 valence electrons. The first-order valence-electron chi connectivity index (χ1n) is 6.14. The minimum atomic E-state index is -0.354. The van der Waals surface area contributed by atoms with Crippen molar-refractivity contribution in [3.63, 3.8) is 0 Å². The summed E-state index contributed by atoms with van der Waals surface area (Å²) in [5.74, 6) is -0.145. The second-order valence-corrected chi connectivity index (χ2v) is 4.47. The van der Waals surface area contributed by atoms with Crippen molar-refractivity contribution in [1.82, 2.24) is 4.90 Å². The molecule has 1 aliphatic heterocycles. The van der Waals surface area contributed by atoms with Gasteiger partial charge in [0.1, 0.15) is 6.61 Å². The quantitative estimate of drug-likeness (QED) is 0.803.